The van der Waals surface area contributed by atoms with Crippen LogP contribution in [0.15, 0.2) is 84.9 Å². The van der Waals surface area contributed by atoms with Crippen molar-refractivity contribution in [1.29, 1.82) is 0 Å². The molecule has 1 atom stereocenters. The van der Waals surface area contributed by atoms with Crippen molar-refractivity contribution in [3.05, 3.63) is 102 Å². The SMILES string of the molecule is OC(CNC(c1ccccc1)c1ccccc1)COc1ccc(C23CC4CC(CC(C4)C2)C3)cc1. The molecule has 35 heavy (non-hydrogen) atoms. The summed E-state index contributed by atoms with van der Waals surface area (Å²) < 4.78 is 6.00. The van der Waals surface area contributed by atoms with Gasteiger partial charge in [-0.15, -0.1) is 0 Å². The van der Waals surface area contributed by atoms with Gasteiger partial charge in [0.2, 0.25) is 0 Å². The topological polar surface area (TPSA) is 41.5 Å². The van der Waals surface area contributed by atoms with Crippen LogP contribution in [0.25, 0.3) is 0 Å². The molecule has 0 heterocycles. The van der Waals surface area contributed by atoms with Gasteiger partial charge in [0.25, 0.3) is 0 Å². The van der Waals surface area contributed by atoms with E-state index in [9.17, 15) is 5.11 Å². The number of ether oxygens (including phenoxy) is 1. The van der Waals surface area contributed by atoms with Gasteiger partial charge in [-0.05, 0) is 90.5 Å². The van der Waals surface area contributed by atoms with E-state index in [0.29, 0.717) is 12.0 Å². The minimum absolute atomic E-state index is 0.0339. The van der Waals surface area contributed by atoms with Gasteiger partial charge in [0.05, 0.1) is 6.04 Å². The molecule has 0 saturated heterocycles. The van der Waals surface area contributed by atoms with Crippen molar-refractivity contribution in [3.63, 3.8) is 0 Å². The minimum Gasteiger partial charge on any atom is -0.491 e. The van der Waals surface area contributed by atoms with Crippen LogP contribution in [0.1, 0.15) is 61.3 Å². The van der Waals surface area contributed by atoms with Gasteiger partial charge in [-0.2, -0.15) is 0 Å². The van der Waals surface area contributed by atoms with Crippen LogP contribution in [-0.4, -0.2) is 24.4 Å². The third-order valence-corrected chi connectivity index (χ3v) is 8.77. The lowest BCUT2D eigenvalue weighted by Gasteiger charge is -2.57. The molecule has 3 aromatic rings. The fourth-order valence-corrected chi connectivity index (χ4v) is 7.59. The van der Waals surface area contributed by atoms with Crippen molar-refractivity contribution < 1.29 is 9.84 Å². The van der Waals surface area contributed by atoms with Crippen LogP contribution in [0.5, 0.6) is 5.75 Å². The maximum atomic E-state index is 10.7. The van der Waals surface area contributed by atoms with E-state index in [0.717, 1.165) is 23.5 Å². The average Bonchev–Trinajstić information content (AvgIpc) is 2.88. The quantitative estimate of drug-likeness (QED) is 0.389. The molecule has 4 saturated carbocycles. The van der Waals surface area contributed by atoms with E-state index in [1.54, 1.807) is 0 Å². The summed E-state index contributed by atoms with van der Waals surface area (Å²) in [6, 6.07) is 29.6. The minimum atomic E-state index is -0.590. The van der Waals surface area contributed by atoms with Gasteiger partial charge in [-0.1, -0.05) is 72.8 Å². The highest BCUT2D eigenvalue weighted by molar-refractivity contribution is 5.35. The fourth-order valence-electron chi connectivity index (χ4n) is 7.59. The fraction of sp³-hybridized carbons (Fsp3) is 0.438. The van der Waals surface area contributed by atoms with Gasteiger partial charge in [0, 0.05) is 6.54 Å². The molecule has 4 aliphatic carbocycles. The Morgan fingerprint density at radius 2 is 1.26 bits per heavy atom. The molecule has 182 valence electrons. The molecule has 4 fully saturated rings. The van der Waals surface area contributed by atoms with E-state index in [-0.39, 0.29) is 12.6 Å². The lowest BCUT2D eigenvalue weighted by Crippen LogP contribution is -2.48. The summed E-state index contributed by atoms with van der Waals surface area (Å²) in [5.41, 5.74) is 4.31. The van der Waals surface area contributed by atoms with Crippen molar-refractivity contribution in [3.8, 4) is 5.75 Å². The van der Waals surface area contributed by atoms with E-state index >= 15 is 0 Å². The third-order valence-electron chi connectivity index (χ3n) is 8.77. The van der Waals surface area contributed by atoms with Crippen molar-refractivity contribution in [1.82, 2.24) is 5.32 Å². The Morgan fingerprint density at radius 3 is 1.77 bits per heavy atom. The number of rotatable bonds is 9. The number of hydrogen-bond donors (Lipinski definition) is 2. The molecule has 7 rings (SSSR count). The molecule has 0 aliphatic heterocycles. The summed E-state index contributed by atoms with van der Waals surface area (Å²) in [5, 5.41) is 14.2. The van der Waals surface area contributed by atoms with Crippen LogP contribution in [0, 0.1) is 17.8 Å². The normalized spacial score (nSPS) is 27.8. The second-order valence-electron chi connectivity index (χ2n) is 11.3. The molecule has 2 N–H and O–H groups in total. The van der Waals surface area contributed by atoms with E-state index in [4.69, 9.17) is 4.74 Å². The van der Waals surface area contributed by atoms with Crippen LogP contribution >= 0.6 is 0 Å². The predicted octanol–water partition coefficient (Wildman–Crippen LogP) is 6.27. The van der Waals surface area contributed by atoms with E-state index in [1.807, 2.05) is 12.1 Å². The van der Waals surface area contributed by atoms with Crippen LogP contribution in [0.2, 0.25) is 0 Å². The standard InChI is InChI=1S/C32H37NO2/c34-29(21-33-31(26-7-3-1-4-8-26)27-9-5-2-6-10-27)22-35-30-13-11-28(12-14-30)32-18-23-15-24(19-32)17-25(16-23)20-32/h1-14,23-25,29,31,33-34H,15-22H2. The number of benzene rings is 3. The van der Waals surface area contributed by atoms with Gasteiger partial charge < -0.3 is 15.2 Å². The molecule has 0 spiro atoms. The van der Waals surface area contributed by atoms with E-state index in [2.05, 4.69) is 78.1 Å². The summed E-state index contributed by atoms with van der Waals surface area (Å²) in [7, 11) is 0. The highest BCUT2D eigenvalue weighted by atomic mass is 16.5. The van der Waals surface area contributed by atoms with Gasteiger partial charge in [0.15, 0.2) is 0 Å². The van der Waals surface area contributed by atoms with Crippen LogP contribution in [-0.2, 0) is 5.41 Å². The highest BCUT2D eigenvalue weighted by Crippen LogP contribution is 2.60. The van der Waals surface area contributed by atoms with Crippen LogP contribution in [0.3, 0.4) is 0 Å². The van der Waals surface area contributed by atoms with Crippen molar-refractivity contribution in [2.24, 2.45) is 17.8 Å². The first kappa shape index (κ1) is 22.8. The molecule has 3 heteroatoms. The predicted molar refractivity (Wildman–Crippen MR) is 141 cm³/mol. The molecule has 0 amide bonds. The summed E-state index contributed by atoms with van der Waals surface area (Å²) in [5.74, 6) is 3.71. The average molecular weight is 468 g/mol. The monoisotopic (exact) mass is 467 g/mol. The largest absolute Gasteiger partial charge is 0.491 e. The number of nitrogens with one attached hydrogen (secondary N) is 1. The molecule has 3 nitrogen and oxygen atoms in total. The molecule has 4 aliphatic rings. The zero-order valence-electron chi connectivity index (χ0n) is 20.5. The van der Waals surface area contributed by atoms with Gasteiger partial charge >= 0.3 is 0 Å². The first-order valence-electron chi connectivity index (χ1n) is 13.4. The van der Waals surface area contributed by atoms with Gasteiger partial charge in [-0.25, -0.2) is 0 Å². The maximum Gasteiger partial charge on any atom is 0.119 e. The molecular weight excluding hydrogens is 430 g/mol. The Labute approximate surface area is 209 Å². The molecular formula is C32H37NO2. The lowest BCUT2D eigenvalue weighted by atomic mass is 9.48. The zero-order chi connectivity index (χ0) is 23.7. The Kier molecular flexibility index (Phi) is 6.39. The Bertz CT molecular complexity index is 1020. The Morgan fingerprint density at radius 1 is 0.743 bits per heavy atom. The molecule has 0 radical (unpaired) electrons. The second kappa shape index (κ2) is 9.79. The van der Waals surface area contributed by atoms with Crippen LogP contribution in [0.4, 0.5) is 0 Å². The van der Waals surface area contributed by atoms with Crippen molar-refractivity contribution in [2.75, 3.05) is 13.2 Å². The van der Waals surface area contributed by atoms with E-state index in [1.165, 1.54) is 55.2 Å². The van der Waals surface area contributed by atoms with Crippen molar-refractivity contribution >= 4 is 0 Å². The number of aliphatic hydroxyl groups is 1. The van der Waals surface area contributed by atoms with Crippen LogP contribution < -0.4 is 10.1 Å². The first-order valence-corrected chi connectivity index (χ1v) is 13.4. The smallest absolute Gasteiger partial charge is 0.119 e. The lowest BCUT2D eigenvalue weighted by molar-refractivity contribution is -0.00521. The molecule has 4 bridgehead atoms. The zero-order valence-corrected chi connectivity index (χ0v) is 20.5. The second-order valence-corrected chi connectivity index (χ2v) is 11.3. The summed E-state index contributed by atoms with van der Waals surface area (Å²) >= 11 is 0. The van der Waals surface area contributed by atoms with Gasteiger partial charge in [-0.3, -0.25) is 0 Å². The first-order chi connectivity index (χ1) is 17.2. The molecule has 3 aromatic carbocycles. The summed E-state index contributed by atoms with van der Waals surface area (Å²) in [4.78, 5) is 0. The summed E-state index contributed by atoms with van der Waals surface area (Å²) in [6.45, 7) is 0.736. The Hall–Kier alpha value is -2.62. The molecule has 1 unspecified atom stereocenters. The van der Waals surface area contributed by atoms with Gasteiger partial charge in [0.1, 0.15) is 18.5 Å². The number of hydrogen-bond acceptors (Lipinski definition) is 3. The molecule has 0 aromatic heterocycles. The van der Waals surface area contributed by atoms with Crippen molar-refractivity contribution in [2.45, 2.75) is 56.1 Å². The third kappa shape index (κ3) is 4.90. The highest BCUT2D eigenvalue weighted by Gasteiger charge is 2.51. The Balaban J connectivity index is 1.05. The summed E-state index contributed by atoms with van der Waals surface area (Å²) in [6.07, 6.45) is 7.98. The number of aliphatic hydroxyl groups excluding tert-OH is 1. The van der Waals surface area contributed by atoms with E-state index < -0.39 is 6.10 Å². The maximum absolute atomic E-state index is 10.7.